The minimum atomic E-state index is 0.0482. The van der Waals surface area contributed by atoms with Crippen LogP contribution >= 0.6 is 0 Å². The number of likely N-dealkylation sites (N-methyl/N-ethyl adjacent to an activating group) is 1. The first-order valence-corrected chi connectivity index (χ1v) is 15.0. The Kier molecular flexibility index (Phi) is 10.8. The maximum atomic E-state index is 6.00. The lowest BCUT2D eigenvalue weighted by atomic mass is 9.91. The molecule has 2 aliphatic heterocycles. The van der Waals surface area contributed by atoms with Crippen molar-refractivity contribution in [3.63, 3.8) is 0 Å². The second kappa shape index (κ2) is 14.5. The molecule has 7 heteroatoms. The van der Waals surface area contributed by atoms with E-state index in [9.17, 15) is 0 Å². The first-order valence-electron chi connectivity index (χ1n) is 15.0. The van der Waals surface area contributed by atoms with E-state index in [0.717, 1.165) is 53.0 Å². The Morgan fingerprint density at radius 1 is 1.18 bits per heavy atom. The minimum absolute atomic E-state index is 0.0482. The molecule has 216 valence electrons. The highest BCUT2D eigenvalue weighted by molar-refractivity contribution is 6.19. The Morgan fingerprint density at radius 2 is 2.02 bits per heavy atom. The van der Waals surface area contributed by atoms with Crippen molar-refractivity contribution in [3.05, 3.63) is 76.7 Å². The van der Waals surface area contributed by atoms with Gasteiger partial charge in [0.1, 0.15) is 11.6 Å². The number of aliphatic imine (C=N–C) groups is 2. The third-order valence-electron chi connectivity index (χ3n) is 7.67. The number of aryl methyl sites for hydroxylation is 2. The Hall–Kier alpha value is -3.16. The van der Waals surface area contributed by atoms with E-state index in [1.54, 1.807) is 0 Å². The lowest BCUT2D eigenvalue weighted by molar-refractivity contribution is 0.152. The van der Waals surface area contributed by atoms with Gasteiger partial charge in [-0.3, -0.25) is 10.4 Å². The lowest BCUT2D eigenvalue weighted by Gasteiger charge is -2.28. The zero-order valence-corrected chi connectivity index (χ0v) is 25.3. The number of amidine groups is 2. The van der Waals surface area contributed by atoms with Crippen molar-refractivity contribution in [1.29, 1.82) is 0 Å². The molecule has 2 atom stereocenters. The summed E-state index contributed by atoms with van der Waals surface area (Å²) in [6.45, 7) is 12.1. The predicted molar refractivity (Wildman–Crippen MR) is 168 cm³/mol. The largest absolute Gasteiger partial charge is 0.480 e. The van der Waals surface area contributed by atoms with Crippen molar-refractivity contribution in [1.82, 2.24) is 15.8 Å². The van der Waals surface area contributed by atoms with Crippen molar-refractivity contribution in [2.75, 3.05) is 25.6 Å². The zero-order chi connectivity index (χ0) is 28.5. The fourth-order valence-corrected chi connectivity index (χ4v) is 5.41. The van der Waals surface area contributed by atoms with E-state index in [1.165, 1.54) is 36.8 Å². The maximum Gasteiger partial charge on any atom is 0.159 e. The normalized spacial score (nSPS) is 19.3. The van der Waals surface area contributed by atoms with Gasteiger partial charge in [-0.05, 0) is 75.3 Å². The van der Waals surface area contributed by atoms with Crippen LogP contribution in [0.3, 0.4) is 0 Å². The summed E-state index contributed by atoms with van der Waals surface area (Å²) in [4.78, 5) is 12.2. The van der Waals surface area contributed by atoms with E-state index >= 15 is 0 Å². The number of hydrogen-bond donors (Lipinski definition) is 3. The highest BCUT2D eigenvalue weighted by atomic mass is 16.5. The highest BCUT2D eigenvalue weighted by Gasteiger charge is 2.27. The SMILES string of the molecule is CCCC(CC)CCc1cc(NC2=NC(C3=CN(C)CC(OCNNC(C)C)=C3)=NC3CC=CC=C23)ccc1C. The van der Waals surface area contributed by atoms with E-state index in [0.29, 0.717) is 19.3 Å². The fourth-order valence-electron chi connectivity index (χ4n) is 5.41. The van der Waals surface area contributed by atoms with E-state index in [-0.39, 0.29) is 6.04 Å². The molecule has 0 saturated carbocycles. The number of hydrogen-bond acceptors (Lipinski definition) is 7. The fraction of sp³-hybridized carbons (Fsp3) is 0.515. The average Bonchev–Trinajstić information content (AvgIpc) is 2.94. The number of anilines is 1. The van der Waals surface area contributed by atoms with Gasteiger partial charge >= 0.3 is 0 Å². The number of benzene rings is 1. The molecule has 0 radical (unpaired) electrons. The monoisotopic (exact) mass is 544 g/mol. The van der Waals surface area contributed by atoms with Crippen LogP contribution in [0, 0.1) is 12.8 Å². The maximum absolute atomic E-state index is 6.00. The lowest BCUT2D eigenvalue weighted by Crippen LogP contribution is -2.39. The zero-order valence-electron chi connectivity index (χ0n) is 25.3. The summed E-state index contributed by atoms with van der Waals surface area (Å²) < 4.78 is 6.00. The van der Waals surface area contributed by atoms with Crippen molar-refractivity contribution >= 4 is 17.4 Å². The van der Waals surface area contributed by atoms with Gasteiger partial charge in [0.25, 0.3) is 0 Å². The van der Waals surface area contributed by atoms with Gasteiger partial charge in [-0.15, -0.1) is 0 Å². The summed E-state index contributed by atoms with van der Waals surface area (Å²) in [7, 11) is 2.05. The summed E-state index contributed by atoms with van der Waals surface area (Å²) in [6.07, 6.45) is 17.7. The molecule has 0 fully saturated rings. The van der Waals surface area contributed by atoms with Crippen molar-refractivity contribution < 1.29 is 4.74 Å². The van der Waals surface area contributed by atoms with Gasteiger partial charge in [-0.2, -0.15) is 0 Å². The molecule has 2 unspecified atom stereocenters. The summed E-state index contributed by atoms with van der Waals surface area (Å²) in [5.74, 6) is 3.29. The predicted octanol–water partition coefficient (Wildman–Crippen LogP) is 6.42. The standard InChI is InChI=1S/C33H48N6O/c1-7-11-25(8-2)15-16-26-18-28(17-14-24(26)5)35-33-30-12-9-10-13-31(30)36-32(37-33)27-19-29(21-39(6)20-27)40-22-34-38-23(3)4/h9-10,12,14,17-20,23,25,31,34,38H,7-8,11,13,15-16,21-22H2,1-6H3,(H,35,36,37). The Labute approximate surface area is 241 Å². The second-order valence-electron chi connectivity index (χ2n) is 11.5. The van der Waals surface area contributed by atoms with E-state index in [1.807, 2.05) is 0 Å². The average molecular weight is 545 g/mol. The molecule has 3 aliphatic rings. The van der Waals surface area contributed by atoms with Crippen LogP contribution in [0.4, 0.5) is 5.69 Å². The molecule has 2 heterocycles. The van der Waals surface area contributed by atoms with Crippen LogP contribution in [-0.2, 0) is 11.2 Å². The number of fused-ring (bicyclic) bond motifs is 1. The Balaban J connectivity index is 1.54. The number of nitrogens with zero attached hydrogens (tertiary/aromatic N) is 3. The molecule has 0 aromatic heterocycles. The smallest absolute Gasteiger partial charge is 0.159 e. The third kappa shape index (κ3) is 8.18. The minimum Gasteiger partial charge on any atom is -0.480 e. The number of hydrazine groups is 1. The van der Waals surface area contributed by atoms with Gasteiger partial charge in [0.05, 0.1) is 12.6 Å². The van der Waals surface area contributed by atoms with Crippen LogP contribution in [0.2, 0.25) is 0 Å². The van der Waals surface area contributed by atoms with Crippen LogP contribution in [0.15, 0.2) is 75.6 Å². The summed E-state index contributed by atoms with van der Waals surface area (Å²) in [5, 5.41) is 3.67. The molecule has 1 aliphatic carbocycles. The molecule has 4 rings (SSSR count). The molecular weight excluding hydrogens is 496 g/mol. The topological polar surface area (TPSA) is 73.3 Å². The molecule has 0 bridgehead atoms. The van der Waals surface area contributed by atoms with Crippen molar-refractivity contribution in [2.45, 2.75) is 85.2 Å². The number of nitrogens with one attached hydrogen (secondary N) is 3. The van der Waals surface area contributed by atoms with Crippen LogP contribution in [0.1, 0.15) is 70.9 Å². The molecule has 7 nitrogen and oxygen atoms in total. The molecule has 0 saturated heterocycles. The highest BCUT2D eigenvalue weighted by Crippen LogP contribution is 2.28. The van der Waals surface area contributed by atoms with E-state index < -0.39 is 0 Å². The van der Waals surface area contributed by atoms with Crippen LogP contribution in [-0.4, -0.2) is 49.0 Å². The molecule has 40 heavy (non-hydrogen) atoms. The molecule has 0 amide bonds. The summed E-state index contributed by atoms with van der Waals surface area (Å²) in [5.41, 5.74) is 12.2. The molecule has 1 aromatic rings. The van der Waals surface area contributed by atoms with Crippen LogP contribution in [0.5, 0.6) is 0 Å². The molecule has 0 spiro atoms. The van der Waals surface area contributed by atoms with Gasteiger partial charge in [-0.1, -0.05) is 57.4 Å². The van der Waals surface area contributed by atoms with Crippen LogP contribution < -0.4 is 16.2 Å². The number of allylic oxidation sites excluding steroid dienone is 2. The number of rotatable bonds is 13. The number of ether oxygens (including phenoxy) is 1. The van der Waals surface area contributed by atoms with E-state index in [4.69, 9.17) is 14.7 Å². The van der Waals surface area contributed by atoms with Gasteiger partial charge in [0, 0.05) is 36.1 Å². The first kappa shape index (κ1) is 29.8. The van der Waals surface area contributed by atoms with Gasteiger partial charge < -0.3 is 15.0 Å². The van der Waals surface area contributed by atoms with Crippen molar-refractivity contribution in [3.8, 4) is 0 Å². The van der Waals surface area contributed by atoms with E-state index in [2.05, 4.69) is 111 Å². The van der Waals surface area contributed by atoms with Gasteiger partial charge in [0.15, 0.2) is 12.6 Å². The molecule has 3 N–H and O–H groups in total. The quantitative estimate of drug-likeness (QED) is 0.152. The second-order valence-corrected chi connectivity index (χ2v) is 11.5. The van der Waals surface area contributed by atoms with Crippen LogP contribution in [0.25, 0.3) is 0 Å². The molecule has 1 aromatic carbocycles. The summed E-state index contributed by atoms with van der Waals surface area (Å²) >= 11 is 0. The first-order chi connectivity index (χ1) is 19.4. The Bertz CT molecular complexity index is 1210. The van der Waals surface area contributed by atoms with Crippen molar-refractivity contribution in [2.24, 2.45) is 15.9 Å². The Morgan fingerprint density at radius 3 is 2.80 bits per heavy atom. The van der Waals surface area contributed by atoms with Gasteiger partial charge in [-0.25, -0.2) is 10.4 Å². The third-order valence-corrected chi connectivity index (χ3v) is 7.67. The molecular formula is C33H48N6O. The summed E-state index contributed by atoms with van der Waals surface area (Å²) in [6, 6.07) is 7.10. The van der Waals surface area contributed by atoms with Gasteiger partial charge in [0.2, 0.25) is 0 Å².